The minimum absolute atomic E-state index is 0.632. The molecule has 2 unspecified atom stereocenters. The highest BCUT2D eigenvalue weighted by Gasteiger charge is 2.16. The topological polar surface area (TPSA) is 0 Å². The van der Waals surface area contributed by atoms with Crippen LogP contribution in [0.3, 0.4) is 0 Å². The van der Waals surface area contributed by atoms with E-state index in [9.17, 15) is 0 Å². The van der Waals surface area contributed by atoms with E-state index in [4.69, 9.17) is 0 Å². The summed E-state index contributed by atoms with van der Waals surface area (Å²) in [5, 5.41) is 0. The van der Waals surface area contributed by atoms with Crippen molar-refractivity contribution in [3.05, 3.63) is 70.8 Å². The average molecular weight is 280 g/mol. The van der Waals surface area contributed by atoms with Gasteiger partial charge in [-0.05, 0) is 53.4 Å². The Balaban J connectivity index is 2.47. The maximum absolute atomic E-state index is 2.35. The quantitative estimate of drug-likeness (QED) is 0.582. The highest BCUT2D eigenvalue weighted by Crippen LogP contribution is 2.32. The summed E-state index contributed by atoms with van der Waals surface area (Å²) in [5.74, 6) is 1.26. The highest BCUT2D eigenvalue weighted by molar-refractivity contribution is 5.42. The van der Waals surface area contributed by atoms with Crippen LogP contribution in [0.4, 0.5) is 0 Å². The van der Waals surface area contributed by atoms with Crippen molar-refractivity contribution in [2.75, 3.05) is 0 Å². The second-order valence-electron chi connectivity index (χ2n) is 6.20. The van der Waals surface area contributed by atoms with E-state index in [2.05, 4.69) is 76.2 Å². The Kier molecular flexibility index (Phi) is 5.61. The Morgan fingerprint density at radius 1 is 0.714 bits per heavy atom. The minimum atomic E-state index is 0.632. The molecule has 21 heavy (non-hydrogen) atoms. The van der Waals surface area contributed by atoms with Crippen molar-refractivity contribution >= 4 is 0 Å². The third-order valence-corrected chi connectivity index (χ3v) is 4.76. The molecule has 0 fully saturated rings. The van der Waals surface area contributed by atoms with Crippen LogP contribution in [-0.4, -0.2) is 0 Å². The van der Waals surface area contributed by atoms with Gasteiger partial charge in [-0.2, -0.15) is 0 Å². The first-order chi connectivity index (χ1) is 10.2. The van der Waals surface area contributed by atoms with Crippen molar-refractivity contribution in [3.8, 4) is 0 Å². The molecule has 0 nitrogen and oxygen atoms in total. The lowest BCUT2D eigenvalue weighted by molar-refractivity contribution is 0.696. The molecule has 0 heteroatoms. The second kappa shape index (κ2) is 7.45. The molecule has 0 aliphatic heterocycles. The Bertz CT molecular complexity index is 525. The lowest BCUT2D eigenvalue weighted by Crippen LogP contribution is -2.06. The van der Waals surface area contributed by atoms with E-state index in [0.29, 0.717) is 11.8 Å². The standard InChI is InChI=1S/C21H28/c1-5-16(3)19-13-10-14-20(17(4)6-2)21(19)15-18-11-8-7-9-12-18/h7-14,16-17H,5-6,15H2,1-4H3. The summed E-state index contributed by atoms with van der Waals surface area (Å²) in [4.78, 5) is 0. The maximum atomic E-state index is 2.35. The van der Waals surface area contributed by atoms with Crippen LogP contribution < -0.4 is 0 Å². The molecule has 0 saturated carbocycles. The van der Waals surface area contributed by atoms with Crippen molar-refractivity contribution in [3.63, 3.8) is 0 Å². The van der Waals surface area contributed by atoms with E-state index in [1.165, 1.54) is 18.4 Å². The molecule has 0 bridgehead atoms. The van der Waals surface area contributed by atoms with Crippen LogP contribution in [0.2, 0.25) is 0 Å². The van der Waals surface area contributed by atoms with Gasteiger partial charge in [0.1, 0.15) is 0 Å². The molecule has 2 rings (SSSR count). The van der Waals surface area contributed by atoms with E-state index < -0.39 is 0 Å². The van der Waals surface area contributed by atoms with Crippen molar-refractivity contribution in [2.24, 2.45) is 0 Å². The van der Waals surface area contributed by atoms with Gasteiger partial charge in [-0.25, -0.2) is 0 Å². The van der Waals surface area contributed by atoms with Crippen LogP contribution in [0.15, 0.2) is 48.5 Å². The first-order valence-electron chi connectivity index (χ1n) is 8.32. The summed E-state index contributed by atoms with van der Waals surface area (Å²) in [6.45, 7) is 9.27. The Labute approximate surface area is 130 Å². The molecule has 0 N–H and O–H groups in total. The molecule has 2 aromatic carbocycles. The molecule has 2 atom stereocenters. The third-order valence-electron chi connectivity index (χ3n) is 4.76. The highest BCUT2D eigenvalue weighted by atomic mass is 14.2. The first-order valence-corrected chi connectivity index (χ1v) is 8.32. The van der Waals surface area contributed by atoms with Crippen molar-refractivity contribution in [1.82, 2.24) is 0 Å². The largest absolute Gasteiger partial charge is 0.0648 e. The van der Waals surface area contributed by atoms with E-state index in [1.54, 1.807) is 16.7 Å². The van der Waals surface area contributed by atoms with Crippen LogP contribution >= 0.6 is 0 Å². The van der Waals surface area contributed by atoms with Gasteiger partial charge >= 0.3 is 0 Å². The smallest absolute Gasteiger partial charge is 0.00201 e. The summed E-state index contributed by atoms with van der Waals surface area (Å²) < 4.78 is 0. The van der Waals surface area contributed by atoms with Gasteiger partial charge in [-0.3, -0.25) is 0 Å². The summed E-state index contributed by atoms with van der Waals surface area (Å²) in [7, 11) is 0. The average Bonchev–Trinajstić information content (AvgIpc) is 2.54. The SMILES string of the molecule is CCC(C)c1cccc(C(C)CC)c1Cc1ccccc1. The summed E-state index contributed by atoms with van der Waals surface area (Å²) >= 11 is 0. The molecule has 0 radical (unpaired) electrons. The van der Waals surface area contributed by atoms with Gasteiger partial charge in [-0.15, -0.1) is 0 Å². The lowest BCUT2D eigenvalue weighted by atomic mass is 9.83. The van der Waals surface area contributed by atoms with Crippen LogP contribution in [-0.2, 0) is 6.42 Å². The number of hydrogen-bond acceptors (Lipinski definition) is 0. The van der Waals surface area contributed by atoms with Crippen LogP contribution in [0, 0.1) is 0 Å². The second-order valence-corrected chi connectivity index (χ2v) is 6.20. The molecule has 0 aliphatic carbocycles. The normalized spacial score (nSPS) is 13.9. The van der Waals surface area contributed by atoms with E-state index in [-0.39, 0.29) is 0 Å². The molecule has 0 amide bonds. The monoisotopic (exact) mass is 280 g/mol. The minimum Gasteiger partial charge on any atom is -0.0648 e. The number of rotatable bonds is 6. The molecule has 2 aromatic rings. The van der Waals surface area contributed by atoms with Crippen LogP contribution in [0.1, 0.15) is 74.6 Å². The molecule has 112 valence electrons. The van der Waals surface area contributed by atoms with Crippen molar-refractivity contribution < 1.29 is 0 Å². The van der Waals surface area contributed by atoms with Crippen LogP contribution in [0.25, 0.3) is 0 Å². The third kappa shape index (κ3) is 3.75. The van der Waals surface area contributed by atoms with Crippen LogP contribution in [0.5, 0.6) is 0 Å². The predicted molar refractivity (Wildman–Crippen MR) is 93.1 cm³/mol. The van der Waals surface area contributed by atoms with Gasteiger partial charge in [0.15, 0.2) is 0 Å². The zero-order valence-corrected chi connectivity index (χ0v) is 13.9. The molecular weight excluding hydrogens is 252 g/mol. The zero-order valence-electron chi connectivity index (χ0n) is 13.9. The summed E-state index contributed by atoms with van der Waals surface area (Å²) in [6, 6.07) is 17.8. The van der Waals surface area contributed by atoms with Gasteiger partial charge in [0.05, 0.1) is 0 Å². The molecule has 0 spiro atoms. The maximum Gasteiger partial charge on any atom is -0.00201 e. The molecule has 0 aromatic heterocycles. The summed E-state index contributed by atoms with van der Waals surface area (Å²) in [6.07, 6.45) is 3.46. The fourth-order valence-corrected chi connectivity index (χ4v) is 2.99. The van der Waals surface area contributed by atoms with Gasteiger partial charge < -0.3 is 0 Å². The van der Waals surface area contributed by atoms with Gasteiger partial charge in [-0.1, -0.05) is 76.2 Å². The van der Waals surface area contributed by atoms with E-state index in [0.717, 1.165) is 6.42 Å². The van der Waals surface area contributed by atoms with E-state index in [1.807, 2.05) is 0 Å². The number of hydrogen-bond donors (Lipinski definition) is 0. The molecular formula is C21H28. The van der Waals surface area contributed by atoms with Crippen molar-refractivity contribution in [2.45, 2.75) is 58.8 Å². The Morgan fingerprint density at radius 3 is 1.71 bits per heavy atom. The molecule has 0 aliphatic rings. The summed E-state index contributed by atoms with van der Waals surface area (Å²) in [5.41, 5.74) is 6.06. The van der Waals surface area contributed by atoms with Crippen molar-refractivity contribution in [1.29, 1.82) is 0 Å². The lowest BCUT2D eigenvalue weighted by Gasteiger charge is -2.22. The molecule has 0 heterocycles. The Hall–Kier alpha value is -1.56. The fourth-order valence-electron chi connectivity index (χ4n) is 2.99. The Morgan fingerprint density at radius 2 is 1.24 bits per heavy atom. The van der Waals surface area contributed by atoms with E-state index >= 15 is 0 Å². The fraction of sp³-hybridized carbons (Fsp3) is 0.429. The van der Waals surface area contributed by atoms with Gasteiger partial charge in [0.2, 0.25) is 0 Å². The zero-order chi connectivity index (χ0) is 15.2. The van der Waals surface area contributed by atoms with Gasteiger partial charge in [0.25, 0.3) is 0 Å². The first kappa shape index (κ1) is 15.8. The number of benzene rings is 2. The predicted octanol–water partition coefficient (Wildman–Crippen LogP) is 6.30. The van der Waals surface area contributed by atoms with Gasteiger partial charge in [0, 0.05) is 0 Å². The molecule has 0 saturated heterocycles.